The summed E-state index contributed by atoms with van der Waals surface area (Å²) in [5, 5.41) is 8.93. The second-order valence-corrected chi connectivity index (χ2v) is 8.57. The summed E-state index contributed by atoms with van der Waals surface area (Å²) in [4.78, 5) is 25.1. The molecule has 2 amide bonds. The molecule has 7 heteroatoms. The molecule has 6 nitrogen and oxygen atoms in total. The summed E-state index contributed by atoms with van der Waals surface area (Å²) in [6.07, 6.45) is 6.65. The maximum atomic E-state index is 12.6. The van der Waals surface area contributed by atoms with Gasteiger partial charge in [-0.15, -0.1) is 0 Å². The van der Waals surface area contributed by atoms with Gasteiger partial charge in [-0.2, -0.15) is 0 Å². The summed E-state index contributed by atoms with van der Waals surface area (Å²) in [6, 6.07) is 14.3. The van der Waals surface area contributed by atoms with E-state index in [4.69, 9.17) is 17.0 Å². The largest absolute Gasteiger partial charge is 0.491 e. The Morgan fingerprint density at radius 3 is 2.44 bits per heavy atom. The summed E-state index contributed by atoms with van der Waals surface area (Å²) in [5.74, 6) is 0.318. The van der Waals surface area contributed by atoms with E-state index in [9.17, 15) is 9.59 Å². The molecule has 3 N–H and O–H groups in total. The van der Waals surface area contributed by atoms with Crippen LogP contribution in [0.3, 0.4) is 0 Å². The Morgan fingerprint density at radius 1 is 1.03 bits per heavy atom. The lowest BCUT2D eigenvalue weighted by molar-refractivity contribution is 0.0926. The molecule has 1 atom stereocenters. The highest BCUT2D eigenvalue weighted by Crippen LogP contribution is 2.19. The van der Waals surface area contributed by atoms with Gasteiger partial charge in [0.1, 0.15) is 5.75 Å². The Labute approximate surface area is 195 Å². The van der Waals surface area contributed by atoms with Gasteiger partial charge in [-0.3, -0.25) is 14.9 Å². The van der Waals surface area contributed by atoms with Gasteiger partial charge in [0.05, 0.1) is 6.10 Å². The zero-order valence-electron chi connectivity index (χ0n) is 18.6. The van der Waals surface area contributed by atoms with Gasteiger partial charge >= 0.3 is 0 Å². The first-order chi connectivity index (χ1) is 15.4. The summed E-state index contributed by atoms with van der Waals surface area (Å²) in [5.41, 5.74) is 1.68. The highest BCUT2D eigenvalue weighted by molar-refractivity contribution is 7.80. The van der Waals surface area contributed by atoms with Crippen molar-refractivity contribution >= 4 is 34.8 Å². The molecule has 0 saturated heterocycles. The number of anilines is 1. The van der Waals surface area contributed by atoms with E-state index >= 15 is 0 Å². The monoisotopic (exact) mass is 453 g/mol. The normalized spacial score (nSPS) is 14.8. The Morgan fingerprint density at radius 2 is 1.75 bits per heavy atom. The Bertz CT molecular complexity index is 940. The van der Waals surface area contributed by atoms with Crippen molar-refractivity contribution < 1.29 is 14.3 Å². The molecule has 0 bridgehead atoms. The number of carbonyl (C=O) groups excluding carboxylic acids is 2. The highest BCUT2D eigenvalue weighted by atomic mass is 32.1. The number of thiocarbonyl (C=S) groups is 1. The lowest BCUT2D eigenvalue weighted by Gasteiger charge is -2.22. The van der Waals surface area contributed by atoms with Gasteiger partial charge in [0.25, 0.3) is 11.8 Å². The maximum absolute atomic E-state index is 12.6. The zero-order valence-corrected chi connectivity index (χ0v) is 19.5. The number of benzene rings is 2. The van der Waals surface area contributed by atoms with Crippen molar-refractivity contribution in [3.8, 4) is 5.75 Å². The molecule has 32 heavy (non-hydrogen) atoms. The molecule has 1 aliphatic carbocycles. The Hall–Kier alpha value is -2.93. The van der Waals surface area contributed by atoms with Crippen LogP contribution in [0, 0.1) is 0 Å². The third-order valence-corrected chi connectivity index (χ3v) is 5.78. The van der Waals surface area contributed by atoms with Gasteiger partial charge < -0.3 is 15.4 Å². The SMILES string of the molecule is CCC(C)Oc1ccc(C(=O)NC(=S)Nc2cccc(C(=O)NC3CCCCC3)c2)cc1. The van der Waals surface area contributed by atoms with Crippen LogP contribution >= 0.6 is 12.2 Å². The first-order valence-corrected chi connectivity index (χ1v) is 11.7. The van der Waals surface area contributed by atoms with Crippen LogP contribution < -0.4 is 20.7 Å². The van der Waals surface area contributed by atoms with Crippen LogP contribution in [0.15, 0.2) is 48.5 Å². The smallest absolute Gasteiger partial charge is 0.257 e. The van der Waals surface area contributed by atoms with Gasteiger partial charge in [-0.1, -0.05) is 32.3 Å². The van der Waals surface area contributed by atoms with E-state index < -0.39 is 0 Å². The average molecular weight is 454 g/mol. The van der Waals surface area contributed by atoms with E-state index in [1.807, 2.05) is 6.92 Å². The Balaban J connectivity index is 1.53. The number of amides is 2. The van der Waals surface area contributed by atoms with Gasteiger partial charge in [0.15, 0.2) is 5.11 Å². The fourth-order valence-electron chi connectivity index (χ4n) is 3.59. The second kappa shape index (κ2) is 11.6. The van der Waals surface area contributed by atoms with Crippen LogP contribution in [-0.4, -0.2) is 29.1 Å². The number of hydrogen-bond acceptors (Lipinski definition) is 4. The number of carbonyl (C=O) groups is 2. The van der Waals surface area contributed by atoms with E-state index in [1.54, 1.807) is 48.5 Å². The molecule has 0 aliphatic heterocycles. The molecule has 0 aromatic heterocycles. The van der Waals surface area contributed by atoms with Crippen LogP contribution in [0.1, 0.15) is 73.1 Å². The van der Waals surface area contributed by atoms with Gasteiger partial charge in [-0.25, -0.2) is 0 Å². The van der Waals surface area contributed by atoms with E-state index in [0.717, 1.165) is 37.9 Å². The molecule has 170 valence electrons. The minimum Gasteiger partial charge on any atom is -0.491 e. The average Bonchev–Trinajstić information content (AvgIpc) is 2.80. The highest BCUT2D eigenvalue weighted by Gasteiger charge is 2.17. The van der Waals surface area contributed by atoms with E-state index in [2.05, 4.69) is 22.9 Å². The van der Waals surface area contributed by atoms with Crippen LogP contribution in [0.5, 0.6) is 5.75 Å². The van der Waals surface area contributed by atoms with E-state index in [0.29, 0.717) is 16.8 Å². The van der Waals surface area contributed by atoms with Crippen LogP contribution in [0.25, 0.3) is 0 Å². The van der Waals surface area contributed by atoms with E-state index in [1.165, 1.54) is 6.42 Å². The minimum absolute atomic E-state index is 0.0878. The van der Waals surface area contributed by atoms with Crippen molar-refractivity contribution in [3.63, 3.8) is 0 Å². The molecule has 0 radical (unpaired) electrons. The molecule has 0 spiro atoms. The molecule has 2 aromatic rings. The predicted octanol–water partition coefficient (Wildman–Crippen LogP) is 5.05. The zero-order chi connectivity index (χ0) is 22.9. The van der Waals surface area contributed by atoms with Crippen molar-refractivity contribution in [1.29, 1.82) is 0 Å². The van der Waals surface area contributed by atoms with Crippen molar-refractivity contribution in [3.05, 3.63) is 59.7 Å². The fraction of sp³-hybridized carbons (Fsp3) is 0.400. The van der Waals surface area contributed by atoms with Crippen molar-refractivity contribution in [2.24, 2.45) is 0 Å². The Kier molecular flexibility index (Phi) is 8.62. The molecule has 0 heterocycles. The van der Waals surface area contributed by atoms with Gasteiger partial charge in [-0.05, 0) is 80.9 Å². The van der Waals surface area contributed by atoms with Crippen LogP contribution in [0.4, 0.5) is 5.69 Å². The lowest BCUT2D eigenvalue weighted by atomic mass is 9.95. The second-order valence-electron chi connectivity index (χ2n) is 8.16. The van der Waals surface area contributed by atoms with Crippen molar-refractivity contribution in [1.82, 2.24) is 10.6 Å². The number of hydrogen-bond donors (Lipinski definition) is 3. The predicted molar refractivity (Wildman–Crippen MR) is 131 cm³/mol. The molecule has 1 saturated carbocycles. The quantitative estimate of drug-likeness (QED) is 0.511. The molecular weight excluding hydrogens is 422 g/mol. The number of ether oxygens (including phenoxy) is 1. The van der Waals surface area contributed by atoms with Crippen LogP contribution in [0.2, 0.25) is 0 Å². The molecule has 1 aliphatic rings. The topological polar surface area (TPSA) is 79.5 Å². The summed E-state index contributed by atoms with van der Waals surface area (Å²) >= 11 is 5.28. The third-order valence-electron chi connectivity index (χ3n) is 5.58. The molecule has 1 unspecified atom stereocenters. The third kappa shape index (κ3) is 7.05. The van der Waals surface area contributed by atoms with E-state index in [-0.39, 0.29) is 29.1 Å². The summed E-state index contributed by atoms with van der Waals surface area (Å²) in [6.45, 7) is 4.05. The van der Waals surface area contributed by atoms with Crippen LogP contribution in [-0.2, 0) is 0 Å². The minimum atomic E-state index is -0.316. The summed E-state index contributed by atoms with van der Waals surface area (Å²) in [7, 11) is 0. The maximum Gasteiger partial charge on any atom is 0.257 e. The van der Waals surface area contributed by atoms with Gasteiger partial charge in [0, 0.05) is 22.9 Å². The van der Waals surface area contributed by atoms with Crippen molar-refractivity contribution in [2.45, 2.75) is 64.5 Å². The molecule has 1 fully saturated rings. The molecular formula is C25H31N3O3S. The standard InChI is InChI=1S/C25H31N3O3S/c1-3-17(2)31-22-14-12-18(13-15-22)23(29)28-25(32)27-21-11-7-8-19(16-21)24(30)26-20-9-5-4-6-10-20/h7-8,11-17,20H,3-6,9-10H2,1-2H3,(H,26,30)(H2,27,28,29,32). The first kappa shape index (κ1) is 23.7. The lowest BCUT2D eigenvalue weighted by Crippen LogP contribution is -2.36. The number of nitrogens with one attached hydrogen (secondary N) is 3. The molecule has 3 rings (SSSR count). The summed E-state index contributed by atoms with van der Waals surface area (Å²) < 4.78 is 5.73. The van der Waals surface area contributed by atoms with Crippen molar-refractivity contribution in [2.75, 3.05) is 5.32 Å². The molecule has 2 aromatic carbocycles. The number of rotatable bonds is 7. The van der Waals surface area contributed by atoms with Gasteiger partial charge in [0.2, 0.25) is 0 Å². The first-order valence-electron chi connectivity index (χ1n) is 11.2. The fourth-order valence-corrected chi connectivity index (χ4v) is 3.80.